The van der Waals surface area contributed by atoms with E-state index in [2.05, 4.69) is 10.6 Å². The number of carbonyl (C=O) groups excluding carboxylic acids is 2. The maximum Gasteiger partial charge on any atom is 0.262 e. The first-order chi connectivity index (χ1) is 13.9. The van der Waals surface area contributed by atoms with E-state index in [0.29, 0.717) is 37.8 Å². The Balaban J connectivity index is 1.51. The number of anilines is 2. The second kappa shape index (κ2) is 9.65. The summed E-state index contributed by atoms with van der Waals surface area (Å²) in [5.74, 6) is -0.165. The third-order valence-electron chi connectivity index (χ3n) is 3.79. The third kappa shape index (κ3) is 6.12. The summed E-state index contributed by atoms with van der Waals surface area (Å²) < 4.78 is 5.44. The largest absolute Gasteiger partial charge is 0.484 e. The predicted octanol–water partition coefficient (Wildman–Crippen LogP) is 5.92. The van der Waals surface area contributed by atoms with Crippen LogP contribution in [0, 0.1) is 0 Å². The highest BCUT2D eigenvalue weighted by Gasteiger charge is 2.08. The molecule has 0 aliphatic rings. The number of nitrogens with one attached hydrogen (secondary N) is 2. The van der Waals surface area contributed by atoms with Crippen molar-refractivity contribution >= 4 is 58.0 Å². The summed E-state index contributed by atoms with van der Waals surface area (Å²) in [4.78, 5) is 24.3. The van der Waals surface area contributed by atoms with Gasteiger partial charge in [-0.2, -0.15) is 0 Å². The summed E-state index contributed by atoms with van der Waals surface area (Å²) in [5, 5.41) is 6.77. The summed E-state index contributed by atoms with van der Waals surface area (Å²) in [6, 6.07) is 18.0. The Kier molecular flexibility index (Phi) is 6.99. The number of amides is 2. The monoisotopic (exact) mass is 448 g/mol. The Labute approximate surface area is 182 Å². The molecule has 3 aromatic rings. The van der Waals surface area contributed by atoms with Gasteiger partial charge in [-0.25, -0.2) is 0 Å². The van der Waals surface area contributed by atoms with Crippen LogP contribution in [0.15, 0.2) is 66.7 Å². The summed E-state index contributed by atoms with van der Waals surface area (Å²) >= 11 is 17.6. The Morgan fingerprint density at radius 2 is 1.41 bits per heavy atom. The summed E-state index contributed by atoms with van der Waals surface area (Å²) in [6.45, 7) is -0.198. The number of carbonyl (C=O) groups is 2. The van der Waals surface area contributed by atoms with Crippen molar-refractivity contribution in [2.75, 3.05) is 17.2 Å². The molecule has 0 unspecified atom stereocenters. The van der Waals surface area contributed by atoms with Gasteiger partial charge in [-0.3, -0.25) is 9.59 Å². The molecule has 0 bridgehead atoms. The normalized spacial score (nSPS) is 10.3. The van der Waals surface area contributed by atoms with Crippen molar-refractivity contribution in [1.82, 2.24) is 0 Å². The molecule has 0 aromatic heterocycles. The van der Waals surface area contributed by atoms with Crippen LogP contribution in [0.25, 0.3) is 0 Å². The highest BCUT2D eigenvalue weighted by Crippen LogP contribution is 2.25. The minimum atomic E-state index is -0.354. The molecule has 2 N–H and O–H groups in total. The lowest BCUT2D eigenvalue weighted by Gasteiger charge is -2.09. The van der Waals surface area contributed by atoms with E-state index < -0.39 is 0 Å². The van der Waals surface area contributed by atoms with Crippen LogP contribution in [-0.4, -0.2) is 18.4 Å². The Morgan fingerprint density at radius 3 is 2.07 bits per heavy atom. The van der Waals surface area contributed by atoms with Gasteiger partial charge in [-0.15, -0.1) is 0 Å². The third-order valence-corrected chi connectivity index (χ3v) is 4.78. The molecule has 0 spiro atoms. The van der Waals surface area contributed by atoms with Crippen LogP contribution in [-0.2, 0) is 4.79 Å². The number of halogens is 3. The summed E-state index contributed by atoms with van der Waals surface area (Å²) in [5.41, 5.74) is 1.61. The first kappa shape index (κ1) is 21.0. The molecule has 3 aromatic carbocycles. The molecule has 8 heteroatoms. The second-order valence-corrected chi connectivity index (χ2v) is 7.20. The highest BCUT2D eigenvalue weighted by atomic mass is 35.5. The van der Waals surface area contributed by atoms with Crippen molar-refractivity contribution in [2.45, 2.75) is 0 Å². The lowest BCUT2D eigenvalue weighted by molar-refractivity contribution is -0.118. The van der Waals surface area contributed by atoms with Gasteiger partial charge >= 0.3 is 0 Å². The van der Waals surface area contributed by atoms with Gasteiger partial charge in [0.15, 0.2) is 6.61 Å². The zero-order valence-corrected chi connectivity index (χ0v) is 17.2. The van der Waals surface area contributed by atoms with Gasteiger partial charge in [-0.1, -0.05) is 34.8 Å². The molecule has 0 aliphatic heterocycles. The van der Waals surface area contributed by atoms with E-state index in [4.69, 9.17) is 39.5 Å². The molecule has 5 nitrogen and oxygen atoms in total. The number of rotatable bonds is 6. The molecule has 29 heavy (non-hydrogen) atoms. The van der Waals surface area contributed by atoms with Crippen molar-refractivity contribution in [3.63, 3.8) is 0 Å². The SMILES string of the molecule is O=C(COc1ccc(C(=O)Nc2ccc(Cl)cc2)cc1)Nc1ccc(Cl)c(Cl)c1. The smallest absolute Gasteiger partial charge is 0.262 e. The Bertz CT molecular complexity index is 1020. The first-order valence-corrected chi connectivity index (χ1v) is 9.59. The number of hydrogen-bond donors (Lipinski definition) is 2. The van der Waals surface area contributed by atoms with E-state index in [0.717, 1.165) is 0 Å². The van der Waals surface area contributed by atoms with Crippen molar-refractivity contribution in [1.29, 1.82) is 0 Å². The average Bonchev–Trinajstić information content (AvgIpc) is 2.71. The second-order valence-electron chi connectivity index (χ2n) is 5.95. The van der Waals surface area contributed by atoms with E-state index in [1.807, 2.05) is 0 Å². The van der Waals surface area contributed by atoms with E-state index >= 15 is 0 Å². The topological polar surface area (TPSA) is 67.4 Å². The van der Waals surface area contributed by atoms with Crippen LogP contribution < -0.4 is 15.4 Å². The van der Waals surface area contributed by atoms with Crippen LogP contribution in [0.1, 0.15) is 10.4 Å². The van der Waals surface area contributed by atoms with Gasteiger partial charge in [0.1, 0.15) is 5.75 Å². The molecule has 0 radical (unpaired) electrons. The maximum atomic E-state index is 12.3. The fourth-order valence-electron chi connectivity index (χ4n) is 2.36. The number of benzene rings is 3. The molecule has 0 aliphatic carbocycles. The lowest BCUT2D eigenvalue weighted by atomic mass is 10.2. The molecule has 2 amide bonds. The van der Waals surface area contributed by atoms with Gasteiger partial charge in [0.05, 0.1) is 10.0 Å². The van der Waals surface area contributed by atoms with Crippen molar-refractivity contribution in [3.05, 3.63) is 87.4 Å². The zero-order chi connectivity index (χ0) is 20.8. The number of ether oxygens (including phenoxy) is 1. The summed E-state index contributed by atoms with van der Waals surface area (Å²) in [7, 11) is 0. The molecular weight excluding hydrogens is 435 g/mol. The van der Waals surface area contributed by atoms with Crippen molar-refractivity contribution < 1.29 is 14.3 Å². The molecular formula is C21H15Cl3N2O3. The Hall–Kier alpha value is -2.73. The fraction of sp³-hybridized carbons (Fsp3) is 0.0476. The zero-order valence-electron chi connectivity index (χ0n) is 14.9. The van der Waals surface area contributed by atoms with Crippen LogP contribution >= 0.6 is 34.8 Å². The highest BCUT2D eigenvalue weighted by molar-refractivity contribution is 6.42. The van der Waals surface area contributed by atoms with E-state index in [-0.39, 0.29) is 18.4 Å². The molecule has 0 atom stereocenters. The summed E-state index contributed by atoms with van der Waals surface area (Å²) in [6.07, 6.45) is 0. The van der Waals surface area contributed by atoms with Crippen molar-refractivity contribution in [3.8, 4) is 5.75 Å². The van der Waals surface area contributed by atoms with E-state index in [1.54, 1.807) is 66.7 Å². The molecule has 0 fully saturated rings. The predicted molar refractivity (Wildman–Crippen MR) is 116 cm³/mol. The van der Waals surface area contributed by atoms with Gasteiger partial charge in [0, 0.05) is 22.0 Å². The lowest BCUT2D eigenvalue weighted by Crippen LogP contribution is -2.20. The van der Waals surface area contributed by atoms with E-state index in [1.165, 1.54) is 0 Å². The van der Waals surface area contributed by atoms with Crippen LogP contribution in [0.3, 0.4) is 0 Å². The van der Waals surface area contributed by atoms with Crippen LogP contribution in [0.5, 0.6) is 5.75 Å². The quantitative estimate of drug-likeness (QED) is 0.491. The maximum absolute atomic E-state index is 12.3. The molecule has 0 saturated heterocycles. The molecule has 0 heterocycles. The average molecular weight is 450 g/mol. The van der Waals surface area contributed by atoms with Gasteiger partial charge in [0.2, 0.25) is 0 Å². The minimum absolute atomic E-state index is 0.198. The Morgan fingerprint density at radius 1 is 0.759 bits per heavy atom. The molecule has 148 valence electrons. The van der Waals surface area contributed by atoms with Gasteiger partial charge in [0.25, 0.3) is 11.8 Å². The van der Waals surface area contributed by atoms with Gasteiger partial charge < -0.3 is 15.4 Å². The first-order valence-electron chi connectivity index (χ1n) is 8.45. The van der Waals surface area contributed by atoms with Crippen molar-refractivity contribution in [2.24, 2.45) is 0 Å². The van der Waals surface area contributed by atoms with Gasteiger partial charge in [-0.05, 0) is 66.7 Å². The molecule has 0 saturated carbocycles. The number of hydrogen-bond acceptors (Lipinski definition) is 3. The standard InChI is InChI=1S/C21H15Cl3N2O3/c22-14-3-5-15(6-4-14)26-21(28)13-1-8-17(9-2-13)29-12-20(27)25-16-7-10-18(23)19(24)11-16/h1-11H,12H2,(H,25,27)(H,26,28). The van der Waals surface area contributed by atoms with E-state index in [9.17, 15) is 9.59 Å². The van der Waals surface area contributed by atoms with Crippen LogP contribution in [0.4, 0.5) is 11.4 Å². The molecule has 3 rings (SSSR count). The minimum Gasteiger partial charge on any atom is -0.484 e. The fourth-order valence-corrected chi connectivity index (χ4v) is 2.78. The van der Waals surface area contributed by atoms with Crippen LogP contribution in [0.2, 0.25) is 15.1 Å².